The summed E-state index contributed by atoms with van der Waals surface area (Å²) in [5.41, 5.74) is 2.01. The number of para-hydroxylation sites is 1. The number of aromatic nitrogens is 2. The number of nitrogens with zero attached hydrogens (tertiary/aromatic N) is 2. The number of hydrogen-bond donors (Lipinski definition) is 0. The van der Waals surface area contributed by atoms with E-state index in [-0.39, 0.29) is 0 Å². The molecule has 108 valence electrons. The lowest BCUT2D eigenvalue weighted by molar-refractivity contribution is 0.292. The molecule has 0 amide bonds. The quantitative estimate of drug-likeness (QED) is 0.723. The first-order valence-corrected chi connectivity index (χ1v) is 7.94. The van der Waals surface area contributed by atoms with E-state index >= 15 is 0 Å². The van der Waals surface area contributed by atoms with Crippen LogP contribution in [0, 0.1) is 0 Å². The standard InChI is InChI=1S/C14H15BrCl2N2O/c1-3-11-13(15)12(19(4-2)18-11)8-20-14-9(16)6-5-7-10(14)17/h5-7H,3-4,8H2,1-2H3. The Bertz CT molecular complexity index is 593. The monoisotopic (exact) mass is 376 g/mol. The molecule has 6 heteroatoms. The van der Waals surface area contributed by atoms with Gasteiger partial charge < -0.3 is 4.74 Å². The van der Waals surface area contributed by atoms with Gasteiger partial charge in [0.1, 0.15) is 6.61 Å². The molecule has 1 aromatic heterocycles. The summed E-state index contributed by atoms with van der Waals surface area (Å²) < 4.78 is 8.70. The van der Waals surface area contributed by atoms with Crippen molar-refractivity contribution < 1.29 is 4.74 Å². The zero-order chi connectivity index (χ0) is 14.7. The molecule has 20 heavy (non-hydrogen) atoms. The van der Waals surface area contributed by atoms with Crippen molar-refractivity contribution in [2.24, 2.45) is 0 Å². The van der Waals surface area contributed by atoms with E-state index in [0.29, 0.717) is 22.4 Å². The second-order valence-corrected chi connectivity index (χ2v) is 5.82. The molecule has 0 saturated heterocycles. The molecule has 0 N–H and O–H groups in total. The lowest BCUT2D eigenvalue weighted by Crippen LogP contribution is -2.07. The maximum absolute atomic E-state index is 6.10. The van der Waals surface area contributed by atoms with Gasteiger partial charge in [0.25, 0.3) is 0 Å². The number of halogens is 3. The largest absolute Gasteiger partial charge is 0.484 e. The Morgan fingerprint density at radius 1 is 1.25 bits per heavy atom. The highest BCUT2D eigenvalue weighted by atomic mass is 79.9. The van der Waals surface area contributed by atoms with Gasteiger partial charge in [0.15, 0.2) is 5.75 Å². The molecule has 1 aromatic carbocycles. The number of benzene rings is 1. The van der Waals surface area contributed by atoms with Crippen LogP contribution in [0.1, 0.15) is 25.2 Å². The summed E-state index contributed by atoms with van der Waals surface area (Å²) in [4.78, 5) is 0. The van der Waals surface area contributed by atoms with Crippen molar-refractivity contribution in [1.82, 2.24) is 9.78 Å². The van der Waals surface area contributed by atoms with Gasteiger partial charge >= 0.3 is 0 Å². The third-order valence-electron chi connectivity index (χ3n) is 2.97. The van der Waals surface area contributed by atoms with Crippen LogP contribution in [0.5, 0.6) is 5.75 Å². The van der Waals surface area contributed by atoms with E-state index < -0.39 is 0 Å². The number of aryl methyl sites for hydroxylation is 2. The molecule has 0 aliphatic heterocycles. The van der Waals surface area contributed by atoms with Gasteiger partial charge in [-0.1, -0.05) is 36.2 Å². The molecule has 0 atom stereocenters. The molecule has 0 fully saturated rings. The van der Waals surface area contributed by atoms with Crippen molar-refractivity contribution in [2.75, 3.05) is 0 Å². The van der Waals surface area contributed by atoms with E-state index in [1.807, 2.05) is 11.6 Å². The highest BCUT2D eigenvalue weighted by Gasteiger charge is 2.15. The molecule has 0 saturated carbocycles. The van der Waals surface area contributed by atoms with Crippen molar-refractivity contribution in [3.63, 3.8) is 0 Å². The molecule has 2 aromatic rings. The molecule has 0 bridgehead atoms. The molecule has 2 rings (SSSR count). The van der Waals surface area contributed by atoms with Gasteiger partial charge in [0.2, 0.25) is 0 Å². The predicted octanol–water partition coefficient (Wildman–Crippen LogP) is 5.11. The van der Waals surface area contributed by atoms with E-state index in [2.05, 4.69) is 28.0 Å². The van der Waals surface area contributed by atoms with Crippen LogP contribution in [0.3, 0.4) is 0 Å². The fourth-order valence-electron chi connectivity index (χ4n) is 1.92. The van der Waals surface area contributed by atoms with Gasteiger partial charge in [-0.25, -0.2) is 0 Å². The average Bonchev–Trinajstić information content (AvgIpc) is 2.74. The summed E-state index contributed by atoms with van der Waals surface area (Å²) in [6.07, 6.45) is 0.868. The molecule has 0 aliphatic rings. The smallest absolute Gasteiger partial charge is 0.157 e. The van der Waals surface area contributed by atoms with E-state index in [0.717, 1.165) is 28.8 Å². The number of hydrogen-bond acceptors (Lipinski definition) is 2. The Kier molecular flexibility index (Phi) is 5.35. The van der Waals surface area contributed by atoms with Crippen LogP contribution in [0.4, 0.5) is 0 Å². The van der Waals surface area contributed by atoms with E-state index in [9.17, 15) is 0 Å². The van der Waals surface area contributed by atoms with Crippen molar-refractivity contribution in [3.05, 3.63) is 44.1 Å². The first-order valence-electron chi connectivity index (χ1n) is 6.39. The van der Waals surface area contributed by atoms with Gasteiger partial charge in [-0.2, -0.15) is 5.10 Å². The third-order valence-corrected chi connectivity index (χ3v) is 4.48. The second kappa shape index (κ2) is 6.83. The van der Waals surface area contributed by atoms with Crippen LogP contribution in [0.2, 0.25) is 10.0 Å². The topological polar surface area (TPSA) is 27.1 Å². The minimum Gasteiger partial charge on any atom is -0.484 e. The third kappa shape index (κ3) is 3.13. The summed E-state index contributed by atoms with van der Waals surface area (Å²) in [5.74, 6) is 0.504. The van der Waals surface area contributed by atoms with Crippen molar-refractivity contribution >= 4 is 39.1 Å². The Labute approximate surface area is 137 Å². The molecule has 3 nitrogen and oxygen atoms in total. The molecule has 0 radical (unpaired) electrons. The first-order chi connectivity index (χ1) is 9.58. The Morgan fingerprint density at radius 2 is 1.90 bits per heavy atom. The van der Waals surface area contributed by atoms with Crippen LogP contribution < -0.4 is 4.74 Å². The van der Waals surface area contributed by atoms with E-state index in [1.165, 1.54) is 0 Å². The molecular weight excluding hydrogens is 363 g/mol. The normalized spacial score (nSPS) is 10.8. The zero-order valence-electron chi connectivity index (χ0n) is 11.3. The maximum Gasteiger partial charge on any atom is 0.157 e. The van der Waals surface area contributed by atoms with Crippen molar-refractivity contribution in [1.29, 1.82) is 0 Å². The number of ether oxygens (including phenoxy) is 1. The zero-order valence-corrected chi connectivity index (χ0v) is 14.4. The molecule has 0 spiro atoms. The molecule has 0 aliphatic carbocycles. The Hall–Kier alpha value is -0.710. The average molecular weight is 378 g/mol. The van der Waals surface area contributed by atoms with Gasteiger partial charge in [-0.3, -0.25) is 4.68 Å². The minimum atomic E-state index is 0.366. The van der Waals surface area contributed by atoms with Crippen molar-refractivity contribution in [3.8, 4) is 5.75 Å². The van der Waals surface area contributed by atoms with Crippen LogP contribution in [-0.4, -0.2) is 9.78 Å². The fourth-order valence-corrected chi connectivity index (χ4v) is 3.10. The Morgan fingerprint density at radius 3 is 2.45 bits per heavy atom. The molecule has 1 heterocycles. The summed E-state index contributed by atoms with van der Waals surface area (Å²) in [6.45, 7) is 5.27. The molecular formula is C14H15BrCl2N2O. The Balaban J connectivity index is 2.25. The summed E-state index contributed by atoms with van der Waals surface area (Å²) in [5, 5.41) is 5.54. The van der Waals surface area contributed by atoms with Crippen LogP contribution in [0.25, 0.3) is 0 Å². The number of rotatable bonds is 5. The second-order valence-electron chi connectivity index (χ2n) is 4.22. The summed E-state index contributed by atoms with van der Waals surface area (Å²) >= 11 is 15.8. The van der Waals surface area contributed by atoms with Crippen LogP contribution in [-0.2, 0) is 19.6 Å². The van der Waals surface area contributed by atoms with E-state index in [4.69, 9.17) is 27.9 Å². The highest BCUT2D eigenvalue weighted by molar-refractivity contribution is 9.10. The molecule has 0 unspecified atom stereocenters. The van der Waals surface area contributed by atoms with Crippen molar-refractivity contribution in [2.45, 2.75) is 33.4 Å². The van der Waals surface area contributed by atoms with Crippen LogP contribution in [0.15, 0.2) is 22.7 Å². The maximum atomic E-state index is 6.10. The summed E-state index contributed by atoms with van der Waals surface area (Å²) in [6, 6.07) is 5.30. The summed E-state index contributed by atoms with van der Waals surface area (Å²) in [7, 11) is 0. The van der Waals surface area contributed by atoms with Crippen LogP contribution >= 0.6 is 39.1 Å². The van der Waals surface area contributed by atoms with Gasteiger partial charge in [0, 0.05) is 6.54 Å². The van der Waals surface area contributed by atoms with Gasteiger partial charge in [-0.05, 0) is 41.4 Å². The van der Waals surface area contributed by atoms with Gasteiger partial charge in [-0.15, -0.1) is 0 Å². The highest BCUT2D eigenvalue weighted by Crippen LogP contribution is 2.33. The van der Waals surface area contributed by atoms with E-state index in [1.54, 1.807) is 18.2 Å². The first kappa shape index (κ1) is 15.7. The van der Waals surface area contributed by atoms with Gasteiger partial charge in [0.05, 0.1) is 25.9 Å². The fraction of sp³-hybridized carbons (Fsp3) is 0.357. The lowest BCUT2D eigenvalue weighted by atomic mass is 10.3. The lowest BCUT2D eigenvalue weighted by Gasteiger charge is -2.11. The predicted molar refractivity (Wildman–Crippen MR) is 85.8 cm³/mol. The SMILES string of the molecule is CCc1nn(CC)c(COc2c(Cl)cccc2Cl)c1Br. The minimum absolute atomic E-state index is 0.366.